The number of hydrazine groups is 1. The molecule has 2 aromatic heterocycles. The van der Waals surface area contributed by atoms with Crippen LogP contribution in [-0.4, -0.2) is 23.4 Å². The first-order valence-corrected chi connectivity index (χ1v) is 8.13. The molecule has 0 aliphatic heterocycles. The third kappa shape index (κ3) is 3.28. The molecule has 2 rings (SSSR count). The normalized spacial score (nSPS) is 13.1. The minimum absolute atomic E-state index is 0.0218. The Hall–Kier alpha value is -1.62. The minimum Gasteiger partial charge on any atom is -0.292 e. The lowest BCUT2D eigenvalue weighted by Gasteiger charge is -2.14. The van der Waals surface area contributed by atoms with Crippen LogP contribution in [0.15, 0.2) is 28.9 Å². The number of sulfonamides is 1. The summed E-state index contributed by atoms with van der Waals surface area (Å²) in [6.07, 6.45) is 4.62. The van der Waals surface area contributed by atoms with Crippen LogP contribution in [0.5, 0.6) is 0 Å². The van der Waals surface area contributed by atoms with E-state index in [0.717, 1.165) is 5.01 Å². The van der Waals surface area contributed by atoms with E-state index in [2.05, 4.69) is 25.1 Å². The fourth-order valence-electron chi connectivity index (χ4n) is 1.50. The Labute approximate surface area is 120 Å². The standard InChI is InChI=1S/C10H14N6O2S2/c1-2-8(9-12-3-4-19-9)16-20(17,18)7-5-13-10(15-11)14-6-7/h3-6,8,16H,2,11H2,1H3,(H,13,14,15). The Morgan fingerprint density at radius 1 is 1.35 bits per heavy atom. The van der Waals surface area contributed by atoms with Crippen LogP contribution < -0.4 is 16.0 Å². The molecule has 0 aliphatic rings. The summed E-state index contributed by atoms with van der Waals surface area (Å²) in [5.41, 5.74) is 2.23. The van der Waals surface area contributed by atoms with Crippen molar-refractivity contribution >= 4 is 27.3 Å². The number of anilines is 1. The van der Waals surface area contributed by atoms with Gasteiger partial charge in [0.2, 0.25) is 16.0 Å². The van der Waals surface area contributed by atoms with E-state index in [0.29, 0.717) is 6.42 Å². The lowest BCUT2D eigenvalue weighted by Crippen LogP contribution is -2.28. The topological polar surface area (TPSA) is 123 Å². The van der Waals surface area contributed by atoms with E-state index in [9.17, 15) is 8.42 Å². The predicted octanol–water partition coefficient (Wildman–Crippen LogP) is 0.648. The van der Waals surface area contributed by atoms with Crippen molar-refractivity contribution in [1.82, 2.24) is 19.7 Å². The fraction of sp³-hybridized carbons (Fsp3) is 0.300. The Morgan fingerprint density at radius 2 is 2.05 bits per heavy atom. The highest BCUT2D eigenvalue weighted by atomic mass is 32.2. The average molecular weight is 314 g/mol. The molecular weight excluding hydrogens is 300 g/mol. The first kappa shape index (κ1) is 14.8. The van der Waals surface area contributed by atoms with Gasteiger partial charge in [-0.15, -0.1) is 11.3 Å². The molecule has 0 saturated carbocycles. The molecule has 0 saturated heterocycles. The molecular formula is C10H14N6O2S2. The number of thiazole rings is 1. The van der Waals surface area contributed by atoms with Gasteiger partial charge in [0, 0.05) is 11.6 Å². The van der Waals surface area contributed by atoms with E-state index in [-0.39, 0.29) is 16.9 Å². The second kappa shape index (κ2) is 6.22. The fourth-order valence-corrected chi connectivity index (χ4v) is 3.52. The summed E-state index contributed by atoms with van der Waals surface area (Å²) in [5, 5.41) is 2.52. The molecule has 108 valence electrons. The molecule has 8 nitrogen and oxygen atoms in total. The molecule has 1 atom stereocenters. The zero-order chi connectivity index (χ0) is 14.6. The summed E-state index contributed by atoms with van der Waals surface area (Å²) in [6, 6.07) is -0.368. The van der Waals surface area contributed by atoms with E-state index in [4.69, 9.17) is 5.84 Å². The molecule has 0 aromatic carbocycles. The summed E-state index contributed by atoms with van der Waals surface area (Å²) in [7, 11) is -3.70. The van der Waals surface area contributed by atoms with Crippen LogP contribution in [0.4, 0.5) is 5.95 Å². The Kier molecular flexibility index (Phi) is 4.60. The number of nitrogen functional groups attached to an aromatic ring is 1. The summed E-state index contributed by atoms with van der Waals surface area (Å²) >= 11 is 1.40. The number of rotatable bonds is 6. The maximum absolute atomic E-state index is 12.2. The quantitative estimate of drug-likeness (QED) is 0.528. The van der Waals surface area contributed by atoms with E-state index in [1.54, 1.807) is 11.6 Å². The number of hydrogen-bond donors (Lipinski definition) is 3. The highest BCUT2D eigenvalue weighted by Crippen LogP contribution is 2.21. The van der Waals surface area contributed by atoms with Crippen molar-refractivity contribution in [3.05, 3.63) is 29.0 Å². The van der Waals surface area contributed by atoms with Gasteiger partial charge in [-0.1, -0.05) is 6.92 Å². The molecule has 2 heterocycles. The van der Waals surface area contributed by atoms with Gasteiger partial charge < -0.3 is 0 Å². The largest absolute Gasteiger partial charge is 0.292 e. The molecule has 0 amide bonds. The number of aromatic nitrogens is 3. The number of nitrogens with zero attached hydrogens (tertiary/aromatic N) is 3. The van der Waals surface area contributed by atoms with Crippen molar-refractivity contribution in [2.24, 2.45) is 5.84 Å². The van der Waals surface area contributed by atoms with Gasteiger partial charge >= 0.3 is 0 Å². The van der Waals surface area contributed by atoms with Crippen molar-refractivity contribution in [3.8, 4) is 0 Å². The van der Waals surface area contributed by atoms with Gasteiger partial charge in [-0.05, 0) is 6.42 Å². The minimum atomic E-state index is -3.70. The zero-order valence-corrected chi connectivity index (χ0v) is 12.3. The van der Waals surface area contributed by atoms with Crippen LogP contribution in [0.3, 0.4) is 0 Å². The monoisotopic (exact) mass is 314 g/mol. The molecule has 4 N–H and O–H groups in total. The summed E-state index contributed by atoms with van der Waals surface area (Å²) in [5.74, 6) is 5.28. The number of hydrogen-bond acceptors (Lipinski definition) is 8. The van der Waals surface area contributed by atoms with Gasteiger partial charge in [-0.2, -0.15) is 0 Å². The van der Waals surface area contributed by atoms with Gasteiger partial charge in [0.25, 0.3) is 0 Å². The van der Waals surface area contributed by atoms with Crippen molar-refractivity contribution < 1.29 is 8.42 Å². The van der Waals surface area contributed by atoms with Crippen molar-refractivity contribution in [2.75, 3.05) is 5.43 Å². The first-order chi connectivity index (χ1) is 9.56. The lowest BCUT2D eigenvalue weighted by molar-refractivity contribution is 0.548. The van der Waals surface area contributed by atoms with Crippen molar-refractivity contribution in [1.29, 1.82) is 0 Å². The van der Waals surface area contributed by atoms with Crippen LogP contribution in [0.25, 0.3) is 0 Å². The number of nitrogens with one attached hydrogen (secondary N) is 2. The van der Waals surface area contributed by atoms with Gasteiger partial charge in [0.15, 0.2) is 0 Å². The summed E-state index contributed by atoms with van der Waals surface area (Å²) in [6.45, 7) is 1.88. The second-order valence-corrected chi connectivity index (χ2v) is 6.48. The molecule has 0 radical (unpaired) electrons. The molecule has 0 aliphatic carbocycles. The highest BCUT2D eigenvalue weighted by molar-refractivity contribution is 7.89. The third-order valence-electron chi connectivity index (χ3n) is 2.52. The molecule has 10 heteroatoms. The molecule has 0 bridgehead atoms. The molecule has 0 spiro atoms. The van der Waals surface area contributed by atoms with Crippen LogP contribution in [-0.2, 0) is 10.0 Å². The first-order valence-electron chi connectivity index (χ1n) is 5.77. The van der Waals surface area contributed by atoms with Gasteiger partial charge in [-0.3, -0.25) is 5.43 Å². The molecule has 1 unspecified atom stereocenters. The van der Waals surface area contributed by atoms with E-state index < -0.39 is 10.0 Å². The lowest BCUT2D eigenvalue weighted by atomic mass is 10.3. The Morgan fingerprint density at radius 3 is 2.55 bits per heavy atom. The summed E-state index contributed by atoms with van der Waals surface area (Å²) in [4.78, 5) is 11.7. The maximum atomic E-state index is 12.2. The third-order valence-corrected chi connectivity index (χ3v) is 4.84. The molecule has 0 fully saturated rings. The second-order valence-electron chi connectivity index (χ2n) is 3.84. The molecule has 20 heavy (non-hydrogen) atoms. The number of nitrogens with two attached hydrogens (primary N) is 1. The van der Waals surface area contributed by atoms with Crippen LogP contribution in [0.1, 0.15) is 24.4 Å². The van der Waals surface area contributed by atoms with E-state index in [1.165, 1.54) is 23.7 Å². The van der Waals surface area contributed by atoms with Gasteiger partial charge in [0.1, 0.15) is 9.90 Å². The smallest absolute Gasteiger partial charge is 0.244 e. The zero-order valence-electron chi connectivity index (χ0n) is 10.6. The van der Waals surface area contributed by atoms with E-state index in [1.807, 2.05) is 6.92 Å². The predicted molar refractivity (Wildman–Crippen MR) is 75.3 cm³/mol. The van der Waals surface area contributed by atoms with Crippen LogP contribution in [0.2, 0.25) is 0 Å². The van der Waals surface area contributed by atoms with Crippen LogP contribution >= 0.6 is 11.3 Å². The van der Waals surface area contributed by atoms with Crippen molar-refractivity contribution in [3.63, 3.8) is 0 Å². The molecule has 2 aromatic rings. The van der Waals surface area contributed by atoms with Gasteiger partial charge in [-0.25, -0.2) is 33.9 Å². The highest BCUT2D eigenvalue weighted by Gasteiger charge is 2.22. The summed E-state index contributed by atoms with van der Waals surface area (Å²) < 4.78 is 27.0. The Balaban J connectivity index is 2.21. The van der Waals surface area contributed by atoms with Gasteiger partial charge in [0.05, 0.1) is 18.4 Å². The maximum Gasteiger partial charge on any atom is 0.244 e. The SMILES string of the molecule is CCC(NS(=O)(=O)c1cnc(NN)nc1)c1nccs1. The van der Waals surface area contributed by atoms with Crippen molar-refractivity contribution in [2.45, 2.75) is 24.3 Å². The Bertz CT molecular complexity index is 641. The van der Waals surface area contributed by atoms with E-state index >= 15 is 0 Å². The van der Waals surface area contributed by atoms with Crippen LogP contribution in [0, 0.1) is 0 Å². The average Bonchev–Trinajstić information content (AvgIpc) is 2.99.